The number of rotatable bonds is 4. The van der Waals surface area contributed by atoms with Crippen molar-refractivity contribution in [2.75, 3.05) is 20.2 Å². The van der Waals surface area contributed by atoms with Crippen LogP contribution in [0.3, 0.4) is 0 Å². The molecule has 29 heavy (non-hydrogen) atoms. The number of aromatic nitrogens is 1. The number of para-hydroxylation sites is 1. The molecule has 0 radical (unpaired) electrons. The highest BCUT2D eigenvalue weighted by atomic mass is 16.5. The molecule has 1 aliphatic carbocycles. The van der Waals surface area contributed by atoms with Crippen LogP contribution in [0.1, 0.15) is 34.5 Å². The highest BCUT2D eigenvalue weighted by molar-refractivity contribution is 6.16. The molecule has 1 aromatic heterocycles. The third-order valence-corrected chi connectivity index (χ3v) is 6.33. The molecule has 3 aromatic rings. The molecule has 1 aliphatic heterocycles. The van der Waals surface area contributed by atoms with Crippen molar-refractivity contribution in [2.45, 2.75) is 25.8 Å². The van der Waals surface area contributed by atoms with E-state index < -0.39 is 0 Å². The number of nitrogens with zero attached hydrogens (tertiary/aromatic N) is 1. The van der Waals surface area contributed by atoms with Gasteiger partial charge in [-0.2, -0.15) is 0 Å². The third kappa shape index (κ3) is 3.38. The highest BCUT2D eigenvalue weighted by Gasteiger charge is 2.30. The zero-order valence-corrected chi connectivity index (χ0v) is 16.8. The SMILES string of the molecule is COc1cccc2c3c([nH]c12)C(=O)/C(=C/C1CCN(Cc2ccccc2)CC1)C3. The van der Waals surface area contributed by atoms with Crippen molar-refractivity contribution in [2.24, 2.45) is 5.92 Å². The molecule has 0 spiro atoms. The topological polar surface area (TPSA) is 45.3 Å². The second-order valence-corrected chi connectivity index (χ2v) is 8.16. The average Bonchev–Trinajstić information content (AvgIpc) is 3.27. The van der Waals surface area contributed by atoms with Gasteiger partial charge in [0.15, 0.2) is 0 Å². The molecule has 2 aromatic carbocycles. The number of piperidine rings is 1. The minimum Gasteiger partial charge on any atom is -0.495 e. The summed E-state index contributed by atoms with van der Waals surface area (Å²) in [7, 11) is 1.66. The normalized spacial score (nSPS) is 19.2. The summed E-state index contributed by atoms with van der Waals surface area (Å²) in [6, 6.07) is 16.7. The number of ether oxygens (including phenoxy) is 1. The zero-order chi connectivity index (χ0) is 19.8. The number of carbonyl (C=O) groups excluding carboxylic acids is 1. The largest absolute Gasteiger partial charge is 0.495 e. The maximum Gasteiger partial charge on any atom is 0.205 e. The van der Waals surface area contributed by atoms with Gasteiger partial charge in [-0.05, 0) is 49.0 Å². The number of hydrogen-bond acceptors (Lipinski definition) is 3. The summed E-state index contributed by atoms with van der Waals surface area (Å²) < 4.78 is 5.44. The van der Waals surface area contributed by atoms with E-state index in [0.29, 0.717) is 5.92 Å². The minimum atomic E-state index is 0.157. The fourth-order valence-corrected chi connectivity index (χ4v) is 4.76. The monoisotopic (exact) mass is 386 g/mol. The molecule has 148 valence electrons. The Morgan fingerprint density at radius 3 is 2.66 bits per heavy atom. The Kier molecular flexibility index (Phi) is 4.72. The highest BCUT2D eigenvalue weighted by Crippen LogP contribution is 2.37. The maximum absolute atomic E-state index is 13.0. The molecule has 0 amide bonds. The van der Waals surface area contributed by atoms with Crippen molar-refractivity contribution >= 4 is 16.7 Å². The lowest BCUT2D eigenvalue weighted by Gasteiger charge is -2.30. The van der Waals surface area contributed by atoms with Crippen molar-refractivity contribution in [3.63, 3.8) is 0 Å². The molecule has 1 fully saturated rings. The molecule has 1 saturated heterocycles. The standard InChI is InChI=1S/C25H26N2O2/c1-29-22-9-5-8-20-21-15-19(25(28)24(21)26-23(20)22)14-17-10-12-27(13-11-17)16-18-6-3-2-4-7-18/h2-9,14,17,26H,10-13,15-16H2,1H3/b19-14+. The molecule has 2 heterocycles. The Bertz CT molecular complexity index is 1070. The van der Waals surface area contributed by atoms with Crippen molar-refractivity contribution in [3.05, 3.63) is 77.0 Å². The van der Waals surface area contributed by atoms with E-state index >= 15 is 0 Å². The lowest BCUT2D eigenvalue weighted by atomic mass is 9.93. The van der Waals surface area contributed by atoms with Gasteiger partial charge >= 0.3 is 0 Å². The molecule has 0 bridgehead atoms. The van der Waals surface area contributed by atoms with Gasteiger partial charge in [-0.3, -0.25) is 9.69 Å². The first-order chi connectivity index (χ1) is 14.2. The van der Waals surface area contributed by atoms with E-state index in [-0.39, 0.29) is 5.78 Å². The van der Waals surface area contributed by atoms with Crippen LogP contribution in [0.5, 0.6) is 5.75 Å². The number of likely N-dealkylation sites (tertiary alicyclic amines) is 1. The lowest BCUT2D eigenvalue weighted by Crippen LogP contribution is -2.32. The summed E-state index contributed by atoms with van der Waals surface area (Å²) in [5.74, 6) is 1.44. The van der Waals surface area contributed by atoms with Crippen LogP contribution in [0.25, 0.3) is 10.9 Å². The van der Waals surface area contributed by atoms with Gasteiger partial charge in [0, 0.05) is 23.9 Å². The molecule has 0 unspecified atom stereocenters. The van der Waals surface area contributed by atoms with Crippen LogP contribution in [0.15, 0.2) is 60.2 Å². The smallest absolute Gasteiger partial charge is 0.205 e. The Morgan fingerprint density at radius 2 is 1.90 bits per heavy atom. The number of H-pyrrole nitrogens is 1. The summed E-state index contributed by atoms with van der Waals surface area (Å²) in [6.07, 6.45) is 5.21. The molecule has 5 rings (SSSR count). The van der Waals surface area contributed by atoms with Gasteiger partial charge in [0.2, 0.25) is 5.78 Å². The number of allylic oxidation sites excluding steroid dienone is 2. The fraction of sp³-hybridized carbons (Fsp3) is 0.320. The number of hydrogen-bond donors (Lipinski definition) is 1. The average molecular weight is 386 g/mol. The van der Waals surface area contributed by atoms with Gasteiger partial charge < -0.3 is 9.72 Å². The molecule has 2 aliphatic rings. The molecule has 0 atom stereocenters. The maximum atomic E-state index is 13.0. The van der Waals surface area contributed by atoms with Gasteiger partial charge in [-0.1, -0.05) is 48.5 Å². The van der Waals surface area contributed by atoms with E-state index in [9.17, 15) is 4.79 Å². The van der Waals surface area contributed by atoms with Crippen LogP contribution in [-0.4, -0.2) is 35.9 Å². The zero-order valence-electron chi connectivity index (χ0n) is 16.8. The van der Waals surface area contributed by atoms with Gasteiger partial charge in [-0.15, -0.1) is 0 Å². The Labute approximate surface area is 171 Å². The number of methoxy groups -OCH3 is 1. The van der Waals surface area contributed by atoms with Gasteiger partial charge in [0.05, 0.1) is 18.3 Å². The number of carbonyl (C=O) groups is 1. The molecule has 4 heteroatoms. The van der Waals surface area contributed by atoms with E-state index in [0.717, 1.165) is 72.4 Å². The van der Waals surface area contributed by atoms with Crippen LogP contribution in [-0.2, 0) is 13.0 Å². The van der Waals surface area contributed by atoms with E-state index in [1.807, 2.05) is 12.1 Å². The Hall–Kier alpha value is -2.85. The molecule has 0 saturated carbocycles. The quantitative estimate of drug-likeness (QED) is 0.658. The van der Waals surface area contributed by atoms with Crippen molar-refractivity contribution < 1.29 is 9.53 Å². The summed E-state index contributed by atoms with van der Waals surface area (Å²) in [5.41, 5.74) is 5.13. The summed E-state index contributed by atoms with van der Waals surface area (Å²) in [4.78, 5) is 18.8. The molecular formula is C25H26N2O2. The summed E-state index contributed by atoms with van der Waals surface area (Å²) in [5, 5.41) is 1.11. The molecular weight excluding hydrogens is 360 g/mol. The van der Waals surface area contributed by atoms with Crippen LogP contribution in [0.4, 0.5) is 0 Å². The van der Waals surface area contributed by atoms with Crippen LogP contribution in [0.2, 0.25) is 0 Å². The second-order valence-electron chi connectivity index (χ2n) is 8.16. The number of Topliss-reactive ketones (excluding diaryl/α,β-unsaturated/α-hetero) is 1. The minimum absolute atomic E-state index is 0.157. The molecule has 1 N–H and O–H groups in total. The first-order valence-electron chi connectivity index (χ1n) is 10.4. The van der Waals surface area contributed by atoms with E-state index in [4.69, 9.17) is 4.74 Å². The summed E-state index contributed by atoms with van der Waals surface area (Å²) in [6.45, 7) is 3.19. The van der Waals surface area contributed by atoms with E-state index in [1.54, 1.807) is 7.11 Å². The Balaban J connectivity index is 1.28. The van der Waals surface area contributed by atoms with Gasteiger partial charge in [-0.25, -0.2) is 0 Å². The Morgan fingerprint density at radius 1 is 1.10 bits per heavy atom. The van der Waals surface area contributed by atoms with Crippen LogP contribution >= 0.6 is 0 Å². The first kappa shape index (κ1) is 18.2. The predicted octanol–water partition coefficient (Wildman–Crippen LogP) is 4.75. The van der Waals surface area contributed by atoms with Gasteiger partial charge in [0.1, 0.15) is 5.75 Å². The van der Waals surface area contributed by atoms with Crippen LogP contribution in [0, 0.1) is 5.92 Å². The fourth-order valence-electron chi connectivity index (χ4n) is 4.76. The van der Waals surface area contributed by atoms with Crippen molar-refractivity contribution in [1.29, 1.82) is 0 Å². The predicted molar refractivity (Wildman–Crippen MR) is 115 cm³/mol. The molecule has 4 nitrogen and oxygen atoms in total. The number of aromatic amines is 1. The number of ketones is 1. The number of nitrogens with one attached hydrogen (secondary N) is 1. The number of benzene rings is 2. The van der Waals surface area contributed by atoms with Crippen LogP contribution < -0.4 is 4.74 Å². The van der Waals surface area contributed by atoms with E-state index in [1.165, 1.54) is 5.56 Å². The van der Waals surface area contributed by atoms with E-state index in [2.05, 4.69) is 52.4 Å². The lowest BCUT2D eigenvalue weighted by molar-refractivity contribution is 0.103. The van der Waals surface area contributed by atoms with Crippen molar-refractivity contribution in [1.82, 2.24) is 9.88 Å². The number of fused-ring (bicyclic) bond motifs is 3. The first-order valence-corrected chi connectivity index (χ1v) is 10.4. The van der Waals surface area contributed by atoms with Crippen molar-refractivity contribution in [3.8, 4) is 5.75 Å². The third-order valence-electron chi connectivity index (χ3n) is 6.33. The van der Waals surface area contributed by atoms with Gasteiger partial charge in [0.25, 0.3) is 0 Å². The summed E-state index contributed by atoms with van der Waals surface area (Å²) >= 11 is 0. The second kappa shape index (κ2) is 7.53.